The Hall–Kier alpha value is -2.74. The molecule has 0 radical (unpaired) electrons. The van der Waals surface area contributed by atoms with Crippen molar-refractivity contribution in [1.82, 2.24) is 14.8 Å². The molecule has 4 rings (SSSR count). The standard InChI is InChI=1S/C25H24Cl2N4O2S/c1-25(2,3)17-8-6-16(7-9-17)23-29-30-24(31(23)14-19-5-4-12-33-19)34-15-22(32)28-21-13-18(26)10-11-20(21)27/h4-13H,14-15H2,1-3H3,(H,28,32). The number of nitrogens with zero attached hydrogens (tertiary/aromatic N) is 3. The van der Waals surface area contributed by atoms with Crippen LogP contribution < -0.4 is 5.32 Å². The summed E-state index contributed by atoms with van der Waals surface area (Å²) < 4.78 is 7.51. The highest BCUT2D eigenvalue weighted by Crippen LogP contribution is 2.29. The van der Waals surface area contributed by atoms with Crippen molar-refractivity contribution in [3.05, 3.63) is 82.2 Å². The molecule has 9 heteroatoms. The number of thioether (sulfide) groups is 1. The van der Waals surface area contributed by atoms with Gasteiger partial charge in [0.05, 0.1) is 29.3 Å². The van der Waals surface area contributed by atoms with Gasteiger partial charge in [-0.25, -0.2) is 0 Å². The maximum absolute atomic E-state index is 12.6. The maximum Gasteiger partial charge on any atom is 0.234 e. The smallest absolute Gasteiger partial charge is 0.234 e. The van der Waals surface area contributed by atoms with E-state index in [-0.39, 0.29) is 17.1 Å². The van der Waals surface area contributed by atoms with Gasteiger partial charge in [0.15, 0.2) is 11.0 Å². The molecule has 0 spiro atoms. The second kappa shape index (κ2) is 10.3. The number of aromatic nitrogens is 3. The van der Waals surface area contributed by atoms with Crippen LogP contribution >= 0.6 is 35.0 Å². The van der Waals surface area contributed by atoms with E-state index in [2.05, 4.69) is 48.4 Å². The predicted octanol–water partition coefficient (Wildman–Crippen LogP) is 6.92. The summed E-state index contributed by atoms with van der Waals surface area (Å²) in [6.45, 7) is 6.98. The van der Waals surface area contributed by atoms with Gasteiger partial charge in [0, 0.05) is 10.6 Å². The molecule has 0 unspecified atom stereocenters. The molecule has 6 nitrogen and oxygen atoms in total. The van der Waals surface area contributed by atoms with Gasteiger partial charge in [-0.3, -0.25) is 9.36 Å². The number of carbonyl (C=O) groups is 1. The number of anilines is 1. The van der Waals surface area contributed by atoms with Crippen LogP contribution in [0.15, 0.2) is 70.4 Å². The molecule has 2 aromatic heterocycles. The maximum atomic E-state index is 12.6. The Morgan fingerprint density at radius 2 is 1.85 bits per heavy atom. The minimum Gasteiger partial charge on any atom is -0.467 e. The molecule has 2 aromatic carbocycles. The molecule has 0 bridgehead atoms. The van der Waals surface area contributed by atoms with Gasteiger partial charge in [-0.05, 0) is 41.3 Å². The van der Waals surface area contributed by atoms with E-state index in [0.717, 1.165) is 11.3 Å². The van der Waals surface area contributed by atoms with Crippen LogP contribution in [-0.2, 0) is 16.8 Å². The lowest BCUT2D eigenvalue weighted by atomic mass is 9.87. The summed E-state index contributed by atoms with van der Waals surface area (Å²) >= 11 is 13.5. The lowest BCUT2D eigenvalue weighted by Crippen LogP contribution is -2.15. The summed E-state index contributed by atoms with van der Waals surface area (Å²) in [6.07, 6.45) is 1.63. The third kappa shape index (κ3) is 5.84. The lowest BCUT2D eigenvalue weighted by Gasteiger charge is -2.19. The highest BCUT2D eigenvalue weighted by molar-refractivity contribution is 7.99. The first-order valence-electron chi connectivity index (χ1n) is 10.6. The molecule has 0 saturated carbocycles. The van der Waals surface area contributed by atoms with Crippen LogP contribution in [0.3, 0.4) is 0 Å². The first kappa shape index (κ1) is 24.4. The van der Waals surface area contributed by atoms with Crippen molar-refractivity contribution in [2.45, 2.75) is 37.9 Å². The van der Waals surface area contributed by atoms with Gasteiger partial charge < -0.3 is 9.73 Å². The van der Waals surface area contributed by atoms with Crippen molar-refractivity contribution in [3.8, 4) is 11.4 Å². The summed E-state index contributed by atoms with van der Waals surface area (Å²) in [7, 11) is 0. The molecule has 0 atom stereocenters. The van der Waals surface area contributed by atoms with Gasteiger partial charge in [-0.15, -0.1) is 10.2 Å². The number of benzene rings is 2. The summed E-state index contributed by atoms with van der Waals surface area (Å²) in [6, 6.07) is 17.0. The number of nitrogens with one attached hydrogen (secondary N) is 1. The molecule has 0 aliphatic heterocycles. The van der Waals surface area contributed by atoms with E-state index < -0.39 is 0 Å². The minimum absolute atomic E-state index is 0.0562. The van der Waals surface area contributed by atoms with Gasteiger partial charge in [0.2, 0.25) is 5.91 Å². The van der Waals surface area contributed by atoms with Gasteiger partial charge >= 0.3 is 0 Å². The molecule has 1 N–H and O–H groups in total. The van der Waals surface area contributed by atoms with E-state index in [4.69, 9.17) is 27.6 Å². The van der Waals surface area contributed by atoms with Gasteiger partial charge in [0.1, 0.15) is 5.76 Å². The molecular weight excluding hydrogens is 491 g/mol. The first-order chi connectivity index (χ1) is 16.2. The Labute approximate surface area is 212 Å². The molecular formula is C25H24Cl2N4O2S. The fraction of sp³-hybridized carbons (Fsp3) is 0.240. The summed E-state index contributed by atoms with van der Waals surface area (Å²) in [5.74, 6) is 1.38. The number of rotatable bonds is 7. The van der Waals surface area contributed by atoms with Gasteiger partial charge in [0.25, 0.3) is 0 Å². The van der Waals surface area contributed by atoms with Crippen LogP contribution in [0.5, 0.6) is 0 Å². The third-order valence-corrected chi connectivity index (χ3v) is 6.69. The van der Waals surface area contributed by atoms with Crippen molar-refractivity contribution in [2.75, 3.05) is 11.1 Å². The Balaban J connectivity index is 1.55. The zero-order valence-corrected chi connectivity index (χ0v) is 21.3. The van der Waals surface area contributed by atoms with E-state index in [1.165, 1.54) is 17.3 Å². The monoisotopic (exact) mass is 514 g/mol. The first-order valence-corrected chi connectivity index (χ1v) is 12.4. The molecule has 4 aromatic rings. The van der Waals surface area contributed by atoms with Crippen molar-refractivity contribution >= 4 is 46.6 Å². The molecule has 0 fully saturated rings. The molecule has 0 aliphatic carbocycles. The Bertz CT molecular complexity index is 1280. The summed E-state index contributed by atoms with van der Waals surface area (Å²) in [5, 5.41) is 13.1. The van der Waals surface area contributed by atoms with Crippen LogP contribution in [-0.4, -0.2) is 26.4 Å². The van der Waals surface area contributed by atoms with E-state index in [9.17, 15) is 4.79 Å². The topological polar surface area (TPSA) is 73.0 Å². The van der Waals surface area contributed by atoms with Crippen LogP contribution in [0.4, 0.5) is 5.69 Å². The second-order valence-corrected chi connectivity index (χ2v) is 10.5. The number of furan rings is 1. The molecule has 0 aliphatic rings. The zero-order chi connectivity index (χ0) is 24.3. The van der Waals surface area contributed by atoms with E-state index in [1.807, 2.05) is 28.8 Å². The fourth-order valence-electron chi connectivity index (χ4n) is 3.34. The Kier molecular flexibility index (Phi) is 7.36. The van der Waals surface area contributed by atoms with E-state index in [1.54, 1.807) is 24.5 Å². The molecule has 1 amide bonds. The zero-order valence-electron chi connectivity index (χ0n) is 19.0. The number of hydrogen-bond donors (Lipinski definition) is 1. The number of amides is 1. The molecule has 34 heavy (non-hydrogen) atoms. The molecule has 0 saturated heterocycles. The summed E-state index contributed by atoms with van der Waals surface area (Å²) in [5.41, 5.74) is 2.70. The SMILES string of the molecule is CC(C)(C)c1ccc(-c2nnc(SCC(=O)Nc3cc(Cl)ccc3Cl)n2Cc2ccco2)cc1. The third-order valence-electron chi connectivity index (χ3n) is 5.15. The normalized spacial score (nSPS) is 11.6. The summed E-state index contributed by atoms with van der Waals surface area (Å²) in [4.78, 5) is 12.6. The van der Waals surface area contributed by atoms with Crippen molar-refractivity contribution in [3.63, 3.8) is 0 Å². The van der Waals surface area contributed by atoms with Crippen LogP contribution in [0.2, 0.25) is 10.0 Å². The average molecular weight is 515 g/mol. The van der Waals surface area contributed by atoms with Crippen LogP contribution in [0, 0.1) is 0 Å². The van der Waals surface area contributed by atoms with E-state index >= 15 is 0 Å². The van der Waals surface area contributed by atoms with Gasteiger partial charge in [-0.2, -0.15) is 0 Å². The molecule has 176 valence electrons. The number of halogens is 2. The van der Waals surface area contributed by atoms with E-state index in [0.29, 0.717) is 33.3 Å². The lowest BCUT2D eigenvalue weighted by molar-refractivity contribution is -0.113. The van der Waals surface area contributed by atoms with Crippen molar-refractivity contribution in [2.24, 2.45) is 0 Å². The largest absolute Gasteiger partial charge is 0.467 e. The average Bonchev–Trinajstić information content (AvgIpc) is 3.45. The highest BCUT2D eigenvalue weighted by Gasteiger charge is 2.19. The second-order valence-electron chi connectivity index (χ2n) is 8.76. The molecule has 2 heterocycles. The Morgan fingerprint density at radius 3 is 2.53 bits per heavy atom. The quantitative estimate of drug-likeness (QED) is 0.271. The van der Waals surface area contributed by atoms with Crippen molar-refractivity contribution < 1.29 is 9.21 Å². The minimum atomic E-state index is -0.224. The number of carbonyl (C=O) groups excluding carboxylic acids is 1. The fourth-order valence-corrected chi connectivity index (χ4v) is 4.41. The highest BCUT2D eigenvalue weighted by atomic mass is 35.5. The van der Waals surface area contributed by atoms with Crippen molar-refractivity contribution in [1.29, 1.82) is 0 Å². The van der Waals surface area contributed by atoms with Crippen LogP contribution in [0.1, 0.15) is 32.1 Å². The van der Waals surface area contributed by atoms with Gasteiger partial charge in [-0.1, -0.05) is 80.0 Å². The Morgan fingerprint density at radius 1 is 1.09 bits per heavy atom. The van der Waals surface area contributed by atoms with Crippen LogP contribution in [0.25, 0.3) is 11.4 Å². The predicted molar refractivity (Wildman–Crippen MR) is 138 cm³/mol. The number of hydrogen-bond acceptors (Lipinski definition) is 5.